The summed E-state index contributed by atoms with van der Waals surface area (Å²) >= 11 is 0. The summed E-state index contributed by atoms with van der Waals surface area (Å²) in [5.74, 6) is 0.280. The minimum Gasteiger partial charge on any atom is -0.493 e. The molecule has 0 aromatic heterocycles. The SMILES string of the molecule is CCOc1cc(OCC(=O)O)cc2c1CC(N)C2. The Bertz CT molecular complexity index is 459. The van der Waals surface area contributed by atoms with Crippen LogP contribution in [0.1, 0.15) is 18.1 Å². The van der Waals surface area contributed by atoms with Gasteiger partial charge in [0.05, 0.1) is 6.61 Å². The highest BCUT2D eigenvalue weighted by atomic mass is 16.5. The average Bonchev–Trinajstić information content (AvgIpc) is 2.67. The highest BCUT2D eigenvalue weighted by molar-refractivity contribution is 5.68. The largest absolute Gasteiger partial charge is 0.493 e. The number of nitrogens with two attached hydrogens (primary N) is 1. The van der Waals surface area contributed by atoms with Crippen molar-refractivity contribution in [1.82, 2.24) is 0 Å². The maximum atomic E-state index is 10.5. The number of carbonyl (C=O) groups is 1. The van der Waals surface area contributed by atoms with E-state index in [1.807, 2.05) is 13.0 Å². The van der Waals surface area contributed by atoms with Crippen LogP contribution in [0.2, 0.25) is 0 Å². The first-order valence-corrected chi connectivity index (χ1v) is 5.99. The van der Waals surface area contributed by atoms with Crippen LogP contribution >= 0.6 is 0 Å². The third kappa shape index (κ3) is 2.73. The van der Waals surface area contributed by atoms with Crippen molar-refractivity contribution in [2.24, 2.45) is 5.73 Å². The van der Waals surface area contributed by atoms with Crippen molar-refractivity contribution in [3.05, 3.63) is 23.3 Å². The van der Waals surface area contributed by atoms with Crippen LogP contribution in [0.25, 0.3) is 0 Å². The minimum atomic E-state index is -0.995. The lowest BCUT2D eigenvalue weighted by molar-refractivity contribution is -0.139. The van der Waals surface area contributed by atoms with Crippen molar-refractivity contribution < 1.29 is 19.4 Å². The highest BCUT2D eigenvalue weighted by Gasteiger charge is 2.23. The molecule has 1 aromatic rings. The van der Waals surface area contributed by atoms with Crippen LogP contribution in [-0.2, 0) is 17.6 Å². The average molecular weight is 251 g/mol. The molecule has 1 aromatic carbocycles. The molecule has 0 spiro atoms. The number of hydrogen-bond acceptors (Lipinski definition) is 4. The number of rotatable bonds is 5. The van der Waals surface area contributed by atoms with E-state index >= 15 is 0 Å². The van der Waals surface area contributed by atoms with Crippen LogP contribution < -0.4 is 15.2 Å². The Hall–Kier alpha value is -1.75. The second-order valence-corrected chi connectivity index (χ2v) is 4.34. The van der Waals surface area contributed by atoms with Crippen molar-refractivity contribution >= 4 is 5.97 Å². The number of benzene rings is 1. The first-order valence-electron chi connectivity index (χ1n) is 5.99. The first kappa shape index (κ1) is 12.7. The smallest absolute Gasteiger partial charge is 0.341 e. The van der Waals surface area contributed by atoms with E-state index in [1.54, 1.807) is 6.07 Å². The highest BCUT2D eigenvalue weighted by Crippen LogP contribution is 2.34. The summed E-state index contributed by atoms with van der Waals surface area (Å²) in [4.78, 5) is 10.5. The molecular weight excluding hydrogens is 234 g/mol. The van der Waals surface area contributed by atoms with E-state index < -0.39 is 5.97 Å². The topological polar surface area (TPSA) is 81.8 Å². The third-order valence-electron chi connectivity index (χ3n) is 2.89. The van der Waals surface area contributed by atoms with Gasteiger partial charge >= 0.3 is 5.97 Å². The fourth-order valence-electron chi connectivity index (χ4n) is 2.22. The molecule has 3 N–H and O–H groups in total. The van der Waals surface area contributed by atoms with E-state index in [1.165, 1.54) is 0 Å². The lowest BCUT2D eigenvalue weighted by Gasteiger charge is -2.12. The minimum absolute atomic E-state index is 0.105. The summed E-state index contributed by atoms with van der Waals surface area (Å²) in [7, 11) is 0. The zero-order valence-electron chi connectivity index (χ0n) is 10.3. The molecule has 1 aliphatic carbocycles. The Kier molecular flexibility index (Phi) is 3.72. The molecule has 0 saturated carbocycles. The molecule has 0 amide bonds. The van der Waals surface area contributed by atoms with Gasteiger partial charge in [0.2, 0.25) is 0 Å². The van der Waals surface area contributed by atoms with Crippen LogP contribution in [0.3, 0.4) is 0 Å². The van der Waals surface area contributed by atoms with E-state index in [2.05, 4.69) is 0 Å². The zero-order chi connectivity index (χ0) is 13.1. The van der Waals surface area contributed by atoms with Crippen molar-refractivity contribution in [2.45, 2.75) is 25.8 Å². The summed E-state index contributed by atoms with van der Waals surface area (Å²) in [5.41, 5.74) is 8.14. The second kappa shape index (κ2) is 5.27. The van der Waals surface area contributed by atoms with Gasteiger partial charge < -0.3 is 20.3 Å². The van der Waals surface area contributed by atoms with Crippen LogP contribution in [0.4, 0.5) is 0 Å². The summed E-state index contributed by atoms with van der Waals surface area (Å²) in [5, 5.41) is 8.61. The second-order valence-electron chi connectivity index (χ2n) is 4.34. The molecule has 0 radical (unpaired) electrons. The van der Waals surface area contributed by atoms with Crippen molar-refractivity contribution in [1.29, 1.82) is 0 Å². The molecule has 0 saturated heterocycles. The maximum absolute atomic E-state index is 10.5. The number of hydrogen-bond donors (Lipinski definition) is 2. The predicted molar refractivity (Wildman–Crippen MR) is 66.1 cm³/mol. The van der Waals surface area contributed by atoms with E-state index in [4.69, 9.17) is 20.3 Å². The molecule has 5 nitrogen and oxygen atoms in total. The number of carboxylic acids is 1. The Morgan fingerprint density at radius 3 is 2.89 bits per heavy atom. The number of fused-ring (bicyclic) bond motifs is 1. The molecule has 18 heavy (non-hydrogen) atoms. The van der Waals surface area contributed by atoms with E-state index in [-0.39, 0.29) is 12.6 Å². The van der Waals surface area contributed by atoms with E-state index in [9.17, 15) is 4.79 Å². The monoisotopic (exact) mass is 251 g/mol. The number of aliphatic carboxylic acids is 1. The maximum Gasteiger partial charge on any atom is 0.341 e. The van der Waals surface area contributed by atoms with Gasteiger partial charge in [0.15, 0.2) is 6.61 Å². The Morgan fingerprint density at radius 2 is 2.22 bits per heavy atom. The molecular formula is C13H17NO4. The zero-order valence-corrected chi connectivity index (χ0v) is 10.3. The van der Waals surface area contributed by atoms with Gasteiger partial charge in [0.1, 0.15) is 11.5 Å². The summed E-state index contributed by atoms with van der Waals surface area (Å²) in [6, 6.07) is 3.70. The molecule has 1 atom stereocenters. The number of carboxylic acid groups (broad SMARTS) is 1. The molecule has 5 heteroatoms. The van der Waals surface area contributed by atoms with Gasteiger partial charge in [-0.25, -0.2) is 4.79 Å². The Balaban J connectivity index is 2.25. The molecule has 0 aliphatic heterocycles. The standard InChI is InChI=1S/C13H17NO4/c1-2-17-12-6-10(18-7-13(15)16)4-8-3-9(14)5-11(8)12/h4,6,9H,2-3,5,7,14H2,1H3,(H,15,16). The molecule has 98 valence electrons. The van der Waals surface area contributed by atoms with Crippen LogP contribution in [0.5, 0.6) is 11.5 Å². The molecule has 1 unspecified atom stereocenters. The van der Waals surface area contributed by atoms with Crippen LogP contribution in [0, 0.1) is 0 Å². The van der Waals surface area contributed by atoms with Gasteiger partial charge in [-0.05, 0) is 37.0 Å². The number of ether oxygens (including phenoxy) is 2. The van der Waals surface area contributed by atoms with E-state index in [0.717, 1.165) is 29.7 Å². The van der Waals surface area contributed by atoms with Gasteiger partial charge in [-0.1, -0.05) is 0 Å². The molecule has 1 aliphatic rings. The summed E-state index contributed by atoms with van der Waals surface area (Å²) in [6.07, 6.45) is 1.57. The third-order valence-corrected chi connectivity index (χ3v) is 2.89. The van der Waals surface area contributed by atoms with Gasteiger partial charge in [0.25, 0.3) is 0 Å². The molecule has 0 fully saturated rings. The molecule has 2 rings (SSSR count). The Labute approximate surface area is 106 Å². The van der Waals surface area contributed by atoms with Crippen LogP contribution in [0.15, 0.2) is 12.1 Å². The van der Waals surface area contributed by atoms with Gasteiger partial charge in [-0.3, -0.25) is 0 Å². The molecule has 0 bridgehead atoms. The summed E-state index contributed by atoms with van der Waals surface area (Å²) in [6.45, 7) is 2.12. The fourth-order valence-corrected chi connectivity index (χ4v) is 2.22. The van der Waals surface area contributed by atoms with Crippen molar-refractivity contribution in [3.8, 4) is 11.5 Å². The first-order chi connectivity index (χ1) is 8.60. The van der Waals surface area contributed by atoms with Gasteiger partial charge in [-0.15, -0.1) is 0 Å². The lowest BCUT2D eigenvalue weighted by atomic mass is 10.1. The van der Waals surface area contributed by atoms with Crippen LogP contribution in [-0.4, -0.2) is 30.3 Å². The lowest BCUT2D eigenvalue weighted by Crippen LogP contribution is -2.19. The molecule has 0 heterocycles. The van der Waals surface area contributed by atoms with Crippen molar-refractivity contribution in [2.75, 3.05) is 13.2 Å². The normalized spacial score (nSPS) is 17.3. The van der Waals surface area contributed by atoms with Gasteiger partial charge in [0, 0.05) is 12.1 Å². The van der Waals surface area contributed by atoms with Crippen molar-refractivity contribution in [3.63, 3.8) is 0 Å². The predicted octanol–water partition coefficient (Wildman–Crippen LogP) is 0.975. The van der Waals surface area contributed by atoms with Gasteiger partial charge in [-0.2, -0.15) is 0 Å². The summed E-state index contributed by atoms with van der Waals surface area (Å²) < 4.78 is 10.8. The Morgan fingerprint density at radius 1 is 1.44 bits per heavy atom. The van der Waals surface area contributed by atoms with E-state index in [0.29, 0.717) is 12.4 Å². The fraction of sp³-hybridized carbons (Fsp3) is 0.462. The quantitative estimate of drug-likeness (QED) is 0.815.